The zero-order chi connectivity index (χ0) is 9.72. The predicted octanol–water partition coefficient (Wildman–Crippen LogP) is 2.06. The molecular weight excluding hydrogens is 287 g/mol. The number of rotatable bonds is 0. The van der Waals surface area contributed by atoms with Crippen molar-refractivity contribution in [1.82, 2.24) is 9.80 Å². The molecule has 0 aliphatic heterocycles. The number of nitrogens with zero attached hydrogens (tertiary/aromatic N) is 2. The van der Waals surface area contributed by atoms with Gasteiger partial charge in [0.05, 0.1) is 0 Å². The second kappa shape index (κ2) is 8.31. The zero-order valence-electron chi connectivity index (χ0n) is 7.86. The first kappa shape index (κ1) is 16.4. The second-order valence-corrected chi connectivity index (χ2v) is 5.88. The summed E-state index contributed by atoms with van der Waals surface area (Å²) in [6, 6.07) is 0. The smallest absolute Gasteiger partial charge is 0.146 e. The fourth-order valence-corrected chi connectivity index (χ4v) is 2.60. The van der Waals surface area contributed by atoms with Crippen LogP contribution in [-0.2, 0) is 16.8 Å². The molecule has 0 aromatic carbocycles. The maximum Gasteiger partial charge on any atom is 0.146 e. The summed E-state index contributed by atoms with van der Waals surface area (Å²) in [6.45, 7) is 0. The first-order valence-electron chi connectivity index (χ1n) is 3.22. The average Bonchev–Trinajstić information content (AvgIpc) is 1.98. The van der Waals surface area contributed by atoms with Crippen molar-refractivity contribution >= 4 is 54.7 Å². The van der Waals surface area contributed by atoms with Crippen molar-refractivity contribution in [3.63, 3.8) is 0 Å². The molecule has 0 N–H and O–H groups in total. The van der Waals surface area contributed by atoms with E-state index in [-0.39, 0.29) is 16.8 Å². The van der Waals surface area contributed by atoms with Crippen LogP contribution >= 0.6 is 46.0 Å². The molecule has 0 saturated heterocycles. The van der Waals surface area contributed by atoms with Gasteiger partial charge in [0.2, 0.25) is 0 Å². The summed E-state index contributed by atoms with van der Waals surface area (Å²) >= 11 is 10.1. The quantitative estimate of drug-likeness (QED) is 0.495. The van der Waals surface area contributed by atoms with E-state index in [0.717, 1.165) is 8.64 Å². The fraction of sp³-hybridized carbons (Fsp3) is 0.667. The Hall–Kier alpha value is 0.986. The SMILES string of the molecule is CN(C)C(=S)SSC(=S)N(C)C.[Co]. The van der Waals surface area contributed by atoms with Crippen LogP contribution in [0.5, 0.6) is 0 Å². The topological polar surface area (TPSA) is 6.48 Å². The van der Waals surface area contributed by atoms with Gasteiger partial charge < -0.3 is 9.80 Å². The van der Waals surface area contributed by atoms with Crippen LogP contribution < -0.4 is 0 Å². The van der Waals surface area contributed by atoms with Crippen molar-refractivity contribution in [2.75, 3.05) is 28.2 Å². The van der Waals surface area contributed by atoms with Crippen LogP contribution in [0.4, 0.5) is 0 Å². The molecule has 0 fully saturated rings. The molecule has 7 heteroatoms. The van der Waals surface area contributed by atoms with Gasteiger partial charge in [-0.3, -0.25) is 0 Å². The molecular formula is C6H12CoN2S4. The molecule has 0 unspecified atom stereocenters. The summed E-state index contributed by atoms with van der Waals surface area (Å²) in [5.41, 5.74) is 0. The molecule has 1 radical (unpaired) electrons. The van der Waals surface area contributed by atoms with Crippen molar-refractivity contribution < 1.29 is 16.8 Å². The largest absolute Gasteiger partial charge is 0.363 e. The van der Waals surface area contributed by atoms with Gasteiger partial charge in [-0.25, -0.2) is 0 Å². The zero-order valence-corrected chi connectivity index (χ0v) is 12.2. The van der Waals surface area contributed by atoms with Gasteiger partial charge in [0.1, 0.15) is 8.64 Å². The molecule has 0 aromatic rings. The number of thiocarbonyl (C=S) groups is 2. The average molecular weight is 299 g/mol. The molecule has 0 rings (SSSR count). The van der Waals surface area contributed by atoms with Crippen LogP contribution in [0.2, 0.25) is 0 Å². The van der Waals surface area contributed by atoms with Gasteiger partial charge in [-0.15, -0.1) is 0 Å². The Kier molecular flexibility index (Phi) is 10.5. The van der Waals surface area contributed by atoms with Gasteiger partial charge in [0.15, 0.2) is 0 Å². The summed E-state index contributed by atoms with van der Waals surface area (Å²) in [7, 11) is 10.7. The van der Waals surface area contributed by atoms with Gasteiger partial charge in [-0.2, -0.15) is 0 Å². The summed E-state index contributed by atoms with van der Waals surface area (Å²) in [6.07, 6.45) is 0. The molecule has 13 heavy (non-hydrogen) atoms. The molecule has 0 bridgehead atoms. The van der Waals surface area contributed by atoms with E-state index in [2.05, 4.69) is 0 Å². The third-order valence-electron chi connectivity index (χ3n) is 0.915. The minimum Gasteiger partial charge on any atom is -0.363 e. The third kappa shape index (κ3) is 8.01. The minimum absolute atomic E-state index is 0. The number of hydrogen-bond donors (Lipinski definition) is 0. The minimum atomic E-state index is 0. The van der Waals surface area contributed by atoms with Crippen LogP contribution in [0.25, 0.3) is 0 Å². The Morgan fingerprint density at radius 3 is 1.23 bits per heavy atom. The van der Waals surface area contributed by atoms with Crippen LogP contribution in [0, 0.1) is 0 Å². The molecule has 0 aliphatic rings. The van der Waals surface area contributed by atoms with E-state index in [1.165, 1.54) is 21.6 Å². The fourth-order valence-electron chi connectivity index (χ4n) is 0.220. The molecule has 0 atom stereocenters. The van der Waals surface area contributed by atoms with Crippen LogP contribution in [0.1, 0.15) is 0 Å². The van der Waals surface area contributed by atoms with Gasteiger partial charge in [0.25, 0.3) is 0 Å². The van der Waals surface area contributed by atoms with E-state index in [0.29, 0.717) is 0 Å². The Labute approximate surface area is 109 Å². The van der Waals surface area contributed by atoms with Gasteiger partial charge in [-0.05, 0) is 21.6 Å². The molecule has 2 nitrogen and oxygen atoms in total. The maximum atomic E-state index is 5.07. The second-order valence-electron chi connectivity index (χ2n) is 2.49. The molecule has 79 valence electrons. The maximum absolute atomic E-state index is 5.07. The van der Waals surface area contributed by atoms with E-state index in [1.807, 2.05) is 38.0 Å². The first-order chi connectivity index (χ1) is 5.45. The Bertz CT molecular complexity index is 163. The summed E-state index contributed by atoms with van der Waals surface area (Å²) in [4.78, 5) is 3.79. The summed E-state index contributed by atoms with van der Waals surface area (Å²) < 4.78 is 1.67. The van der Waals surface area contributed by atoms with Crippen molar-refractivity contribution in [1.29, 1.82) is 0 Å². The van der Waals surface area contributed by atoms with E-state index >= 15 is 0 Å². The van der Waals surface area contributed by atoms with Crippen molar-refractivity contribution in [3.05, 3.63) is 0 Å². The summed E-state index contributed by atoms with van der Waals surface area (Å²) in [5.74, 6) is 0. The molecule has 0 aliphatic carbocycles. The van der Waals surface area contributed by atoms with Crippen LogP contribution in [0.15, 0.2) is 0 Å². The van der Waals surface area contributed by atoms with Crippen molar-refractivity contribution in [2.45, 2.75) is 0 Å². The molecule has 0 amide bonds. The van der Waals surface area contributed by atoms with Crippen LogP contribution in [-0.4, -0.2) is 46.6 Å². The van der Waals surface area contributed by atoms with E-state index in [9.17, 15) is 0 Å². The summed E-state index contributed by atoms with van der Waals surface area (Å²) in [5, 5.41) is 0. The van der Waals surface area contributed by atoms with Crippen LogP contribution in [0.3, 0.4) is 0 Å². The Balaban J connectivity index is 0. The van der Waals surface area contributed by atoms with Crippen molar-refractivity contribution in [3.8, 4) is 0 Å². The predicted molar refractivity (Wildman–Crippen MR) is 67.8 cm³/mol. The van der Waals surface area contributed by atoms with E-state index in [1.54, 1.807) is 0 Å². The van der Waals surface area contributed by atoms with Gasteiger partial charge in [0, 0.05) is 45.0 Å². The van der Waals surface area contributed by atoms with Crippen molar-refractivity contribution in [2.24, 2.45) is 0 Å². The molecule has 0 heterocycles. The van der Waals surface area contributed by atoms with Gasteiger partial charge in [-0.1, -0.05) is 24.4 Å². The molecule has 0 saturated carbocycles. The Morgan fingerprint density at radius 2 is 1.08 bits per heavy atom. The standard InChI is InChI=1S/C6H12N2S4.Co/c1-7(2)5(9)11-12-6(10)8(3)4;/h1-4H3;. The Morgan fingerprint density at radius 1 is 0.846 bits per heavy atom. The normalized spacial score (nSPS) is 8.62. The first-order valence-corrected chi connectivity index (χ1v) is 6.19. The van der Waals surface area contributed by atoms with E-state index in [4.69, 9.17) is 24.4 Å². The number of hydrogen-bond acceptors (Lipinski definition) is 4. The molecule has 0 spiro atoms. The monoisotopic (exact) mass is 299 g/mol. The van der Waals surface area contributed by atoms with E-state index < -0.39 is 0 Å². The van der Waals surface area contributed by atoms with Gasteiger partial charge >= 0.3 is 0 Å². The molecule has 0 aromatic heterocycles. The third-order valence-corrected chi connectivity index (χ3v) is 5.07.